The van der Waals surface area contributed by atoms with Gasteiger partial charge in [-0.25, -0.2) is 5.90 Å². The van der Waals surface area contributed by atoms with Crippen LogP contribution in [0.3, 0.4) is 0 Å². The number of aromatic amines is 1. The van der Waals surface area contributed by atoms with Crippen molar-refractivity contribution < 1.29 is 4.84 Å². The quantitative estimate of drug-likeness (QED) is 0.651. The second-order valence-corrected chi connectivity index (χ2v) is 3.83. The Morgan fingerprint density at radius 1 is 1.58 bits per heavy atom. The first-order valence-electron chi connectivity index (χ1n) is 3.90. The van der Waals surface area contributed by atoms with E-state index in [2.05, 4.69) is 35.8 Å². The molecule has 1 aromatic rings. The van der Waals surface area contributed by atoms with Crippen LogP contribution in [-0.4, -0.2) is 10.2 Å². The minimum Gasteiger partial charge on any atom is -0.300 e. The van der Waals surface area contributed by atoms with Crippen LogP contribution in [0.4, 0.5) is 0 Å². The lowest BCUT2D eigenvalue weighted by molar-refractivity contribution is 0.123. The van der Waals surface area contributed by atoms with Crippen molar-refractivity contribution in [2.45, 2.75) is 32.8 Å². The van der Waals surface area contributed by atoms with Gasteiger partial charge in [-0.1, -0.05) is 20.8 Å². The number of nitrogens with zero attached hydrogens (tertiary/aromatic N) is 1. The number of aromatic nitrogens is 2. The predicted octanol–water partition coefficient (Wildman–Crippen LogP) is 1.10. The maximum atomic E-state index is 4.99. The van der Waals surface area contributed by atoms with E-state index in [9.17, 15) is 0 Å². The monoisotopic (exact) mass is 169 g/mol. The Bertz CT molecular complexity index is 249. The molecule has 0 atom stereocenters. The second kappa shape index (κ2) is 3.25. The molecule has 0 spiro atoms. The van der Waals surface area contributed by atoms with Crippen LogP contribution < -0.4 is 5.90 Å². The highest BCUT2D eigenvalue weighted by atomic mass is 16.6. The lowest BCUT2D eigenvalue weighted by Gasteiger charge is -2.17. The second-order valence-electron chi connectivity index (χ2n) is 3.83. The van der Waals surface area contributed by atoms with Gasteiger partial charge in [0, 0.05) is 16.7 Å². The Hall–Kier alpha value is -0.870. The molecule has 1 aromatic heterocycles. The van der Waals surface area contributed by atoms with Gasteiger partial charge in [0.1, 0.15) is 0 Å². The van der Waals surface area contributed by atoms with E-state index in [0.29, 0.717) is 6.61 Å². The summed E-state index contributed by atoms with van der Waals surface area (Å²) < 4.78 is 0. The van der Waals surface area contributed by atoms with E-state index >= 15 is 0 Å². The minimum absolute atomic E-state index is 0.0599. The molecule has 0 aliphatic heterocycles. The van der Waals surface area contributed by atoms with Crippen molar-refractivity contribution in [1.82, 2.24) is 10.2 Å². The largest absolute Gasteiger partial charge is 0.300 e. The Kier molecular flexibility index (Phi) is 2.49. The van der Waals surface area contributed by atoms with Gasteiger partial charge in [0.2, 0.25) is 0 Å². The lowest BCUT2D eigenvalue weighted by atomic mass is 9.90. The van der Waals surface area contributed by atoms with Gasteiger partial charge in [-0.05, 0) is 0 Å². The van der Waals surface area contributed by atoms with Crippen LogP contribution >= 0.6 is 0 Å². The van der Waals surface area contributed by atoms with Gasteiger partial charge in [-0.15, -0.1) is 0 Å². The molecule has 0 fully saturated rings. The molecule has 1 heterocycles. The van der Waals surface area contributed by atoms with E-state index in [1.54, 1.807) is 6.20 Å². The van der Waals surface area contributed by atoms with Crippen LogP contribution in [0.15, 0.2) is 6.20 Å². The van der Waals surface area contributed by atoms with Crippen molar-refractivity contribution >= 4 is 0 Å². The van der Waals surface area contributed by atoms with Crippen LogP contribution in [0.2, 0.25) is 0 Å². The summed E-state index contributed by atoms with van der Waals surface area (Å²) in [7, 11) is 0. The Morgan fingerprint density at radius 3 is 2.75 bits per heavy atom. The fourth-order valence-corrected chi connectivity index (χ4v) is 1.16. The molecule has 4 heteroatoms. The number of hydrogen-bond donors (Lipinski definition) is 2. The molecule has 0 aromatic carbocycles. The zero-order valence-corrected chi connectivity index (χ0v) is 7.72. The summed E-state index contributed by atoms with van der Waals surface area (Å²) in [5.74, 6) is 4.99. The maximum Gasteiger partial charge on any atom is 0.0963 e. The molecule has 0 bridgehead atoms. The van der Waals surface area contributed by atoms with Crippen molar-refractivity contribution in [3.05, 3.63) is 17.5 Å². The topological polar surface area (TPSA) is 63.9 Å². The molecule has 68 valence electrons. The summed E-state index contributed by atoms with van der Waals surface area (Å²) >= 11 is 0. The van der Waals surface area contributed by atoms with E-state index in [-0.39, 0.29) is 5.41 Å². The van der Waals surface area contributed by atoms with Crippen molar-refractivity contribution in [3.63, 3.8) is 0 Å². The smallest absolute Gasteiger partial charge is 0.0963 e. The van der Waals surface area contributed by atoms with Crippen LogP contribution in [0, 0.1) is 0 Å². The van der Waals surface area contributed by atoms with E-state index in [1.165, 1.54) is 0 Å². The minimum atomic E-state index is 0.0599. The summed E-state index contributed by atoms with van der Waals surface area (Å²) in [6, 6.07) is 0. The molecule has 4 nitrogen and oxygen atoms in total. The van der Waals surface area contributed by atoms with Crippen molar-refractivity contribution in [3.8, 4) is 0 Å². The van der Waals surface area contributed by atoms with Crippen molar-refractivity contribution in [2.75, 3.05) is 0 Å². The van der Waals surface area contributed by atoms with Crippen LogP contribution in [0.5, 0.6) is 0 Å². The van der Waals surface area contributed by atoms with Crippen LogP contribution in [0.1, 0.15) is 32.0 Å². The maximum absolute atomic E-state index is 4.99. The molecule has 0 aliphatic carbocycles. The molecular weight excluding hydrogens is 154 g/mol. The Balaban J connectivity index is 2.91. The molecule has 0 aliphatic rings. The molecule has 0 radical (unpaired) electrons. The van der Waals surface area contributed by atoms with Gasteiger partial charge in [0.25, 0.3) is 0 Å². The highest BCUT2D eigenvalue weighted by Crippen LogP contribution is 2.23. The highest BCUT2D eigenvalue weighted by molar-refractivity contribution is 5.22. The molecule has 3 N–H and O–H groups in total. The highest BCUT2D eigenvalue weighted by Gasteiger charge is 2.19. The fraction of sp³-hybridized carbons (Fsp3) is 0.625. The third kappa shape index (κ3) is 1.84. The van der Waals surface area contributed by atoms with Gasteiger partial charge < -0.3 is 0 Å². The average Bonchev–Trinajstić information content (AvgIpc) is 2.34. The third-order valence-corrected chi connectivity index (χ3v) is 1.71. The van der Waals surface area contributed by atoms with Gasteiger partial charge in [0.15, 0.2) is 0 Å². The molecule has 1 rings (SSSR count). The van der Waals surface area contributed by atoms with Gasteiger partial charge in [-0.3, -0.25) is 9.94 Å². The SMILES string of the molecule is CC(C)(C)c1[nH]ncc1CON. The molecule has 0 unspecified atom stereocenters. The summed E-state index contributed by atoms with van der Waals surface area (Å²) in [6.45, 7) is 6.74. The number of hydrogen-bond acceptors (Lipinski definition) is 3. The normalized spacial score (nSPS) is 12.0. The molecule has 0 amide bonds. The van der Waals surface area contributed by atoms with E-state index in [0.717, 1.165) is 11.3 Å². The summed E-state index contributed by atoms with van der Waals surface area (Å²) in [4.78, 5) is 4.56. The van der Waals surface area contributed by atoms with Crippen molar-refractivity contribution in [1.29, 1.82) is 0 Å². The lowest BCUT2D eigenvalue weighted by Crippen LogP contribution is -2.15. The van der Waals surface area contributed by atoms with Crippen LogP contribution in [-0.2, 0) is 16.9 Å². The average molecular weight is 169 g/mol. The Morgan fingerprint density at radius 2 is 2.25 bits per heavy atom. The summed E-state index contributed by atoms with van der Waals surface area (Å²) in [6.07, 6.45) is 1.74. The first-order valence-corrected chi connectivity index (χ1v) is 3.90. The number of H-pyrrole nitrogens is 1. The number of nitrogens with one attached hydrogen (secondary N) is 1. The first-order chi connectivity index (χ1) is 5.55. The van der Waals surface area contributed by atoms with E-state index in [1.807, 2.05) is 0 Å². The fourth-order valence-electron chi connectivity index (χ4n) is 1.16. The summed E-state index contributed by atoms with van der Waals surface area (Å²) in [5, 5.41) is 6.89. The van der Waals surface area contributed by atoms with E-state index < -0.39 is 0 Å². The van der Waals surface area contributed by atoms with Gasteiger partial charge in [-0.2, -0.15) is 5.10 Å². The third-order valence-electron chi connectivity index (χ3n) is 1.71. The number of rotatable bonds is 2. The van der Waals surface area contributed by atoms with Crippen LogP contribution in [0.25, 0.3) is 0 Å². The molecular formula is C8H15N3O. The molecule has 12 heavy (non-hydrogen) atoms. The first kappa shape index (κ1) is 9.22. The van der Waals surface area contributed by atoms with Gasteiger partial charge in [0.05, 0.1) is 12.8 Å². The summed E-state index contributed by atoms with van der Waals surface area (Å²) in [5.41, 5.74) is 2.16. The van der Waals surface area contributed by atoms with E-state index in [4.69, 9.17) is 5.90 Å². The van der Waals surface area contributed by atoms with Crippen molar-refractivity contribution in [2.24, 2.45) is 5.90 Å². The predicted molar refractivity (Wildman–Crippen MR) is 46.3 cm³/mol. The zero-order chi connectivity index (χ0) is 9.19. The molecule has 0 saturated carbocycles. The zero-order valence-electron chi connectivity index (χ0n) is 7.72. The standard InChI is InChI=1S/C8H15N3O/c1-8(2,3)7-6(5-12-9)4-10-11-7/h4H,5,9H2,1-3H3,(H,10,11). The van der Waals surface area contributed by atoms with Gasteiger partial charge >= 0.3 is 0 Å². The number of nitrogens with two attached hydrogens (primary N) is 1. The Labute approximate surface area is 72.1 Å². The molecule has 0 saturated heterocycles.